The van der Waals surface area contributed by atoms with Crippen LogP contribution in [0.2, 0.25) is 0 Å². The average molecular weight is 238 g/mol. The molecule has 0 bridgehead atoms. The van der Waals surface area contributed by atoms with E-state index < -0.39 is 22.4 Å². The van der Waals surface area contributed by atoms with Gasteiger partial charge in [-0.1, -0.05) is 0 Å². The Morgan fingerprint density at radius 2 is 1.29 bits per heavy atom. The minimum atomic E-state index is -0.828. The summed E-state index contributed by atoms with van der Waals surface area (Å²) < 4.78 is 0. The standard InChI is InChI=1S/C8H14O4S2/c1-5(7(9)10)13-3-4-14-6(2)8(11)12/h5-6H,3-4H2,1-2H3,(H,9,10)(H,11,12)/t5-,6-/m0/s1. The molecule has 14 heavy (non-hydrogen) atoms. The highest BCUT2D eigenvalue weighted by Gasteiger charge is 2.13. The summed E-state index contributed by atoms with van der Waals surface area (Å²) in [7, 11) is 0. The molecule has 0 aromatic rings. The third-order valence-electron chi connectivity index (χ3n) is 1.51. The molecule has 0 fully saturated rings. The zero-order chi connectivity index (χ0) is 11.1. The van der Waals surface area contributed by atoms with Crippen molar-refractivity contribution in [2.24, 2.45) is 0 Å². The molecule has 0 amide bonds. The number of carboxylic acid groups (broad SMARTS) is 2. The van der Waals surface area contributed by atoms with Crippen LogP contribution < -0.4 is 0 Å². The number of rotatable bonds is 7. The number of carbonyl (C=O) groups is 2. The number of carboxylic acids is 2. The predicted molar refractivity (Wildman–Crippen MR) is 59.1 cm³/mol. The maximum atomic E-state index is 10.4. The Morgan fingerprint density at radius 1 is 1.00 bits per heavy atom. The Kier molecular flexibility index (Phi) is 6.82. The van der Waals surface area contributed by atoms with E-state index in [1.807, 2.05) is 0 Å². The maximum absolute atomic E-state index is 10.4. The van der Waals surface area contributed by atoms with Crippen molar-refractivity contribution < 1.29 is 19.8 Å². The molecule has 0 spiro atoms. The van der Waals surface area contributed by atoms with Crippen molar-refractivity contribution in [1.82, 2.24) is 0 Å². The molecule has 0 aromatic carbocycles. The third kappa shape index (κ3) is 6.15. The molecule has 0 saturated carbocycles. The first kappa shape index (κ1) is 13.6. The summed E-state index contributed by atoms with van der Waals surface area (Å²) in [6.07, 6.45) is 0. The van der Waals surface area contributed by atoms with Gasteiger partial charge >= 0.3 is 11.9 Å². The van der Waals surface area contributed by atoms with E-state index in [9.17, 15) is 9.59 Å². The van der Waals surface area contributed by atoms with Gasteiger partial charge in [-0.25, -0.2) is 0 Å². The van der Waals surface area contributed by atoms with Gasteiger partial charge in [0.15, 0.2) is 0 Å². The fraction of sp³-hybridized carbons (Fsp3) is 0.750. The molecule has 2 atom stereocenters. The smallest absolute Gasteiger partial charge is 0.316 e. The number of aliphatic carboxylic acids is 2. The molecule has 0 aromatic heterocycles. The fourth-order valence-electron chi connectivity index (χ4n) is 0.592. The molecule has 0 heterocycles. The van der Waals surface area contributed by atoms with Crippen LogP contribution in [0.1, 0.15) is 13.8 Å². The lowest BCUT2D eigenvalue weighted by atomic mass is 10.5. The Balaban J connectivity index is 3.47. The lowest BCUT2D eigenvalue weighted by Crippen LogP contribution is -2.14. The van der Waals surface area contributed by atoms with Crippen molar-refractivity contribution in [1.29, 1.82) is 0 Å². The van der Waals surface area contributed by atoms with Crippen molar-refractivity contribution in [3.8, 4) is 0 Å². The summed E-state index contributed by atoms with van der Waals surface area (Å²) in [6.45, 7) is 3.25. The van der Waals surface area contributed by atoms with Crippen LogP contribution in [-0.4, -0.2) is 44.2 Å². The van der Waals surface area contributed by atoms with E-state index in [1.165, 1.54) is 23.5 Å². The fourth-order valence-corrected chi connectivity index (χ4v) is 2.35. The highest BCUT2D eigenvalue weighted by molar-refractivity contribution is 8.04. The summed E-state index contributed by atoms with van der Waals surface area (Å²) in [5, 5.41) is 16.3. The minimum Gasteiger partial charge on any atom is -0.480 e. The van der Waals surface area contributed by atoms with Crippen LogP contribution in [0, 0.1) is 0 Å². The highest BCUT2D eigenvalue weighted by Crippen LogP contribution is 2.16. The second kappa shape index (κ2) is 7.00. The molecule has 82 valence electrons. The van der Waals surface area contributed by atoms with Crippen LogP contribution in [0.4, 0.5) is 0 Å². The summed E-state index contributed by atoms with van der Waals surface area (Å²) >= 11 is 2.65. The molecule has 2 N–H and O–H groups in total. The first-order valence-electron chi connectivity index (χ1n) is 4.14. The van der Waals surface area contributed by atoms with E-state index >= 15 is 0 Å². The first-order valence-corrected chi connectivity index (χ1v) is 6.23. The van der Waals surface area contributed by atoms with Gasteiger partial charge in [0.2, 0.25) is 0 Å². The van der Waals surface area contributed by atoms with Crippen LogP contribution in [-0.2, 0) is 9.59 Å². The Bertz CT molecular complexity index is 186. The lowest BCUT2D eigenvalue weighted by molar-refractivity contribution is -0.137. The molecule has 0 rings (SSSR count). The molecular formula is C8H14O4S2. The van der Waals surface area contributed by atoms with E-state index in [-0.39, 0.29) is 0 Å². The summed E-state index contributed by atoms with van der Waals surface area (Å²) in [4.78, 5) is 20.8. The average Bonchev–Trinajstić information content (AvgIpc) is 2.11. The van der Waals surface area contributed by atoms with E-state index in [0.717, 1.165) is 0 Å². The minimum absolute atomic E-state index is 0.421. The molecule has 0 saturated heterocycles. The lowest BCUT2D eigenvalue weighted by Gasteiger charge is -2.07. The van der Waals surface area contributed by atoms with Crippen LogP contribution in [0.25, 0.3) is 0 Å². The predicted octanol–water partition coefficient (Wildman–Crippen LogP) is 1.40. The molecule has 0 radical (unpaired) electrons. The molecule has 6 heteroatoms. The van der Waals surface area contributed by atoms with Gasteiger partial charge < -0.3 is 10.2 Å². The zero-order valence-corrected chi connectivity index (χ0v) is 9.73. The second-order valence-corrected chi connectivity index (χ2v) is 5.60. The summed E-state index contributed by atoms with van der Waals surface area (Å²) in [6, 6.07) is 0. The van der Waals surface area contributed by atoms with Crippen molar-refractivity contribution in [3.63, 3.8) is 0 Å². The van der Waals surface area contributed by atoms with Crippen LogP contribution in [0.3, 0.4) is 0 Å². The van der Waals surface area contributed by atoms with Gasteiger partial charge in [-0.2, -0.15) is 0 Å². The van der Waals surface area contributed by atoms with Crippen LogP contribution in [0.5, 0.6) is 0 Å². The monoisotopic (exact) mass is 238 g/mol. The molecule has 0 aliphatic rings. The van der Waals surface area contributed by atoms with Gasteiger partial charge in [-0.05, 0) is 13.8 Å². The van der Waals surface area contributed by atoms with Gasteiger partial charge in [-0.15, -0.1) is 23.5 Å². The van der Waals surface area contributed by atoms with Crippen molar-refractivity contribution in [3.05, 3.63) is 0 Å². The first-order chi connectivity index (χ1) is 6.45. The van der Waals surface area contributed by atoms with Crippen LogP contribution >= 0.6 is 23.5 Å². The number of thioether (sulfide) groups is 2. The third-order valence-corrected chi connectivity index (χ3v) is 4.06. The van der Waals surface area contributed by atoms with Crippen LogP contribution in [0.15, 0.2) is 0 Å². The molecule has 0 aliphatic carbocycles. The van der Waals surface area contributed by atoms with Gasteiger partial charge in [0, 0.05) is 11.5 Å². The summed E-state index contributed by atoms with van der Waals surface area (Å²) in [5.41, 5.74) is 0. The molecule has 4 nitrogen and oxygen atoms in total. The van der Waals surface area contributed by atoms with Gasteiger partial charge in [-0.3, -0.25) is 9.59 Å². The summed E-state index contributed by atoms with van der Waals surface area (Å²) in [5.74, 6) is -0.330. The number of hydrogen-bond acceptors (Lipinski definition) is 4. The van der Waals surface area contributed by atoms with Crippen molar-refractivity contribution in [2.75, 3.05) is 11.5 Å². The Labute approximate surface area is 91.5 Å². The van der Waals surface area contributed by atoms with Gasteiger partial charge in [0.1, 0.15) is 0 Å². The molecule has 0 aliphatic heterocycles. The zero-order valence-electron chi connectivity index (χ0n) is 8.10. The largest absolute Gasteiger partial charge is 0.480 e. The molecular weight excluding hydrogens is 224 g/mol. The normalized spacial score (nSPS) is 14.7. The quantitative estimate of drug-likeness (QED) is 0.653. The number of hydrogen-bond donors (Lipinski definition) is 2. The Morgan fingerprint density at radius 3 is 1.50 bits per heavy atom. The topological polar surface area (TPSA) is 74.6 Å². The van der Waals surface area contributed by atoms with Crippen molar-refractivity contribution in [2.45, 2.75) is 24.3 Å². The van der Waals surface area contributed by atoms with E-state index in [1.54, 1.807) is 13.8 Å². The van der Waals surface area contributed by atoms with E-state index in [4.69, 9.17) is 10.2 Å². The molecule has 0 unspecified atom stereocenters. The van der Waals surface area contributed by atoms with E-state index in [0.29, 0.717) is 11.5 Å². The van der Waals surface area contributed by atoms with Crippen molar-refractivity contribution >= 4 is 35.5 Å². The van der Waals surface area contributed by atoms with E-state index in [2.05, 4.69) is 0 Å². The van der Waals surface area contributed by atoms with Gasteiger partial charge in [0.25, 0.3) is 0 Å². The second-order valence-electron chi connectivity index (χ2n) is 2.70. The highest BCUT2D eigenvalue weighted by atomic mass is 32.2. The SMILES string of the molecule is C[C@H](SCCS[C@@H](C)C(=O)O)C(=O)O. The Hall–Kier alpha value is -0.360. The van der Waals surface area contributed by atoms with Gasteiger partial charge in [0.05, 0.1) is 10.5 Å². The maximum Gasteiger partial charge on any atom is 0.316 e.